The summed E-state index contributed by atoms with van der Waals surface area (Å²) in [6, 6.07) is 11.3. The molecule has 0 atom stereocenters. The van der Waals surface area contributed by atoms with Crippen LogP contribution in [0.5, 0.6) is 0 Å². The normalized spacial score (nSPS) is 11.3. The Morgan fingerprint density at radius 1 is 0.800 bits per heavy atom. The predicted molar refractivity (Wildman–Crippen MR) is 64.5 cm³/mol. The Bertz CT molecular complexity index is 753. The summed E-state index contributed by atoms with van der Waals surface area (Å²) in [6.45, 7) is 0. The van der Waals surface area contributed by atoms with Gasteiger partial charge >= 0.3 is 5.69 Å². The molecule has 20 heavy (non-hydrogen) atoms. The van der Waals surface area contributed by atoms with Crippen molar-refractivity contribution in [2.45, 2.75) is 0 Å². The Kier molecular flexibility index (Phi) is 4.89. The predicted octanol–water partition coefficient (Wildman–Crippen LogP) is -0.0519. The van der Waals surface area contributed by atoms with Gasteiger partial charge in [0, 0.05) is 42.2 Å². The van der Waals surface area contributed by atoms with Crippen LogP contribution in [0.25, 0.3) is 4.98 Å². The smallest absolute Gasteiger partial charge is 0.396 e. The molecule has 1 aliphatic rings. The number of carbonyl (C=O) groups excluding carboxylic acids is 2. The van der Waals surface area contributed by atoms with E-state index in [2.05, 4.69) is 4.98 Å². The van der Waals surface area contributed by atoms with Gasteiger partial charge in [-0.15, -0.1) is 0 Å². The van der Waals surface area contributed by atoms with Crippen LogP contribution >= 0.6 is 0 Å². The van der Waals surface area contributed by atoms with Crippen LogP contribution in [0.3, 0.4) is 0 Å². The van der Waals surface area contributed by atoms with Gasteiger partial charge in [0.1, 0.15) is 5.56 Å². The summed E-state index contributed by atoms with van der Waals surface area (Å²) >= 11 is 0. The number of carbonyl (C=O) groups is 2. The molecule has 2 aromatic carbocycles. The SMILES string of the molecule is N#[N+]c1cccc2c1C(=O)c1ccccc1C2=O.[Cl-].[Zn]. The van der Waals surface area contributed by atoms with Gasteiger partial charge < -0.3 is 12.4 Å². The summed E-state index contributed by atoms with van der Waals surface area (Å²) < 4.78 is 0. The topological polar surface area (TPSA) is 62.3 Å². The first-order chi connectivity index (χ1) is 8.74. The number of benzene rings is 2. The van der Waals surface area contributed by atoms with Gasteiger partial charge in [-0.3, -0.25) is 9.59 Å². The second kappa shape index (κ2) is 6.04. The second-order valence-electron chi connectivity index (χ2n) is 4.00. The first-order valence-electron chi connectivity index (χ1n) is 5.40. The number of hydrogen-bond donors (Lipinski definition) is 0. The van der Waals surface area contributed by atoms with E-state index in [4.69, 9.17) is 5.39 Å². The molecule has 94 valence electrons. The number of fused-ring (bicyclic) bond motifs is 2. The third-order valence-corrected chi connectivity index (χ3v) is 3.04. The molecule has 6 heteroatoms. The van der Waals surface area contributed by atoms with Gasteiger partial charge in [-0.25, -0.2) is 0 Å². The van der Waals surface area contributed by atoms with E-state index in [-0.39, 0.29) is 60.3 Å². The summed E-state index contributed by atoms with van der Waals surface area (Å²) in [7, 11) is 0. The van der Waals surface area contributed by atoms with Crippen molar-refractivity contribution in [2.24, 2.45) is 0 Å². The first kappa shape index (κ1) is 16.2. The van der Waals surface area contributed by atoms with Crippen molar-refractivity contribution < 1.29 is 41.5 Å². The second-order valence-corrected chi connectivity index (χ2v) is 4.00. The summed E-state index contributed by atoms with van der Waals surface area (Å²) in [5, 5.41) is 8.91. The van der Waals surface area contributed by atoms with E-state index >= 15 is 0 Å². The molecule has 0 bridgehead atoms. The first-order valence-corrected chi connectivity index (χ1v) is 5.40. The molecular formula is C14H7ClN2O2Zn. The maximum Gasteiger partial charge on any atom is 0.396 e. The number of nitrogens with zero attached hydrogens (tertiary/aromatic N) is 2. The molecule has 0 heterocycles. The molecule has 4 nitrogen and oxygen atoms in total. The fourth-order valence-electron chi connectivity index (χ4n) is 2.21. The fourth-order valence-corrected chi connectivity index (χ4v) is 2.21. The number of hydrogen-bond acceptors (Lipinski definition) is 3. The van der Waals surface area contributed by atoms with E-state index in [1.807, 2.05) is 0 Å². The molecule has 0 N–H and O–H groups in total. The minimum Gasteiger partial charge on any atom is -1.00 e. The molecule has 0 unspecified atom stereocenters. The molecule has 0 saturated carbocycles. The van der Waals surface area contributed by atoms with Gasteiger partial charge in [-0.2, -0.15) is 0 Å². The summed E-state index contributed by atoms with van der Waals surface area (Å²) in [4.78, 5) is 27.6. The zero-order valence-electron chi connectivity index (χ0n) is 10.3. The minimum absolute atomic E-state index is 0. The van der Waals surface area contributed by atoms with Gasteiger partial charge in [-0.05, 0) is 6.07 Å². The van der Waals surface area contributed by atoms with Crippen LogP contribution in [0.4, 0.5) is 5.69 Å². The standard InChI is InChI=1S/C14H7N2O2.ClH.Zn/c15-16-11-7-3-6-10-12(11)14(18)9-5-2-1-4-8(9)13(10)17;;/h1-7H;1H;/q+1;;/p-1. The van der Waals surface area contributed by atoms with Crippen LogP contribution in [0.1, 0.15) is 31.8 Å². The van der Waals surface area contributed by atoms with Gasteiger partial charge in [-0.1, -0.05) is 30.3 Å². The zero-order valence-corrected chi connectivity index (χ0v) is 14.1. The van der Waals surface area contributed by atoms with Gasteiger partial charge in [0.25, 0.3) is 0 Å². The van der Waals surface area contributed by atoms with Crippen LogP contribution in [0.2, 0.25) is 0 Å². The van der Waals surface area contributed by atoms with Crippen LogP contribution in [0.15, 0.2) is 42.5 Å². The Morgan fingerprint density at radius 3 is 1.95 bits per heavy atom. The summed E-state index contributed by atoms with van der Waals surface area (Å²) in [5.74, 6) is -0.501. The molecule has 0 amide bonds. The van der Waals surface area contributed by atoms with Crippen LogP contribution in [-0.4, -0.2) is 11.6 Å². The fraction of sp³-hybridized carbons (Fsp3) is 0. The van der Waals surface area contributed by atoms with Crippen molar-refractivity contribution in [3.05, 3.63) is 69.7 Å². The summed E-state index contributed by atoms with van der Waals surface area (Å²) in [5.41, 5.74) is 1.33. The Hall–Kier alpha value is -1.89. The number of halogens is 1. The van der Waals surface area contributed by atoms with Gasteiger partial charge in [0.2, 0.25) is 11.2 Å². The molecule has 0 fully saturated rings. The molecule has 2 aromatic rings. The molecule has 1 aliphatic carbocycles. The van der Waals surface area contributed by atoms with E-state index < -0.39 is 0 Å². The largest absolute Gasteiger partial charge is 1.00 e. The van der Waals surface area contributed by atoms with Crippen molar-refractivity contribution in [1.82, 2.24) is 0 Å². The molecule has 0 aromatic heterocycles. The van der Waals surface area contributed by atoms with E-state index in [1.54, 1.807) is 36.4 Å². The number of rotatable bonds is 0. The monoisotopic (exact) mass is 334 g/mol. The van der Waals surface area contributed by atoms with E-state index in [1.165, 1.54) is 6.07 Å². The third kappa shape index (κ3) is 2.18. The summed E-state index contributed by atoms with van der Waals surface area (Å²) in [6.07, 6.45) is 0. The van der Waals surface area contributed by atoms with Crippen molar-refractivity contribution >= 4 is 17.3 Å². The quantitative estimate of drug-likeness (QED) is 0.427. The average Bonchev–Trinajstić information content (AvgIpc) is 2.44. The van der Waals surface area contributed by atoms with Crippen molar-refractivity contribution in [2.75, 3.05) is 0 Å². The van der Waals surface area contributed by atoms with Crippen molar-refractivity contribution in [1.29, 1.82) is 5.39 Å². The maximum absolute atomic E-state index is 12.3. The number of diazo groups is 1. The van der Waals surface area contributed by atoms with E-state index in [0.717, 1.165) is 0 Å². The minimum atomic E-state index is -0.284. The third-order valence-electron chi connectivity index (χ3n) is 3.04. The molecule has 3 rings (SSSR count). The Morgan fingerprint density at radius 2 is 1.35 bits per heavy atom. The molecule has 0 radical (unpaired) electrons. The zero-order chi connectivity index (χ0) is 12.7. The van der Waals surface area contributed by atoms with E-state index in [9.17, 15) is 9.59 Å². The van der Waals surface area contributed by atoms with Crippen molar-refractivity contribution in [3.63, 3.8) is 0 Å². The molecule has 0 aliphatic heterocycles. The van der Waals surface area contributed by atoms with Crippen LogP contribution < -0.4 is 12.4 Å². The Balaban J connectivity index is 0.000001000. The van der Waals surface area contributed by atoms with E-state index in [0.29, 0.717) is 11.1 Å². The van der Waals surface area contributed by atoms with Crippen LogP contribution in [-0.2, 0) is 19.5 Å². The maximum atomic E-state index is 12.3. The van der Waals surface area contributed by atoms with Crippen molar-refractivity contribution in [3.8, 4) is 0 Å². The van der Waals surface area contributed by atoms with Gasteiger partial charge in [0.05, 0.1) is 0 Å². The molecule has 0 saturated heterocycles. The van der Waals surface area contributed by atoms with Crippen LogP contribution in [0, 0.1) is 5.39 Å². The Labute approximate surface area is 134 Å². The molecule has 0 spiro atoms. The average molecular weight is 336 g/mol. The molecular weight excluding hydrogens is 329 g/mol. The van der Waals surface area contributed by atoms with Gasteiger partial charge in [0.15, 0.2) is 10.8 Å². The number of ketones is 2.